The molecule has 2 aliphatic rings. The van der Waals surface area contributed by atoms with Gasteiger partial charge in [0.05, 0.1) is 11.9 Å². The van der Waals surface area contributed by atoms with Crippen LogP contribution in [0.1, 0.15) is 46.5 Å². The molecule has 0 aromatic carbocycles. The highest BCUT2D eigenvalue weighted by Gasteiger charge is 2.51. The van der Waals surface area contributed by atoms with E-state index in [9.17, 15) is 23.2 Å². The number of carboxylic acid groups (broad SMARTS) is 1. The van der Waals surface area contributed by atoms with Crippen LogP contribution in [0.15, 0.2) is 42.9 Å². The highest BCUT2D eigenvalue weighted by atomic mass is 19.3. The van der Waals surface area contributed by atoms with Gasteiger partial charge in [-0.2, -0.15) is 0 Å². The number of carbonyl (C=O) groups is 3. The number of nitrogens with one attached hydrogen (secondary N) is 1. The lowest BCUT2D eigenvalue weighted by molar-refractivity contribution is -0.140. The smallest absolute Gasteiger partial charge is 0.329 e. The Morgan fingerprint density at radius 2 is 1.80 bits per heavy atom. The van der Waals surface area contributed by atoms with Crippen molar-refractivity contribution >= 4 is 29.2 Å². The number of rotatable bonds is 5. The van der Waals surface area contributed by atoms with E-state index in [0.29, 0.717) is 42.8 Å². The maximum absolute atomic E-state index is 12.4. The third kappa shape index (κ3) is 5.51. The van der Waals surface area contributed by atoms with Crippen molar-refractivity contribution in [2.24, 2.45) is 0 Å². The Morgan fingerprint density at radius 3 is 2.34 bits per heavy atom. The molecule has 2 N–H and O–H groups in total. The van der Waals surface area contributed by atoms with Gasteiger partial charge in [-0.3, -0.25) is 14.2 Å². The lowest BCUT2D eigenvalue weighted by Crippen LogP contribution is -2.43. The first kappa shape index (κ1) is 24.4. The van der Waals surface area contributed by atoms with Crippen molar-refractivity contribution in [3.63, 3.8) is 0 Å². The summed E-state index contributed by atoms with van der Waals surface area (Å²) in [4.78, 5) is 44.5. The Hall–Kier alpha value is -3.73. The average molecular weight is 485 g/mol. The summed E-state index contributed by atoms with van der Waals surface area (Å²) in [5.74, 6) is -3.92. The number of fused-ring (bicyclic) bond motifs is 1. The highest BCUT2D eigenvalue weighted by molar-refractivity contribution is 5.97. The van der Waals surface area contributed by atoms with Crippen LogP contribution in [0.3, 0.4) is 0 Å². The molecule has 9 nitrogen and oxygen atoms in total. The number of hydrogen-bond donors (Lipinski definition) is 2. The fourth-order valence-electron chi connectivity index (χ4n) is 3.72. The SMILES string of the molecule is CN1CCC(F)(F)CC1.O=Cc1cnc2c(ccn2-c2ccc(C(=O)NC3(C(=O)O)CC3)nc2)c1. The van der Waals surface area contributed by atoms with Crippen molar-refractivity contribution in [2.75, 3.05) is 20.1 Å². The topological polar surface area (TPSA) is 117 Å². The summed E-state index contributed by atoms with van der Waals surface area (Å²) in [5, 5.41) is 12.5. The number of hydrogen-bond acceptors (Lipinski definition) is 6. The number of likely N-dealkylation sites (tertiary alicyclic amines) is 1. The summed E-state index contributed by atoms with van der Waals surface area (Å²) in [5.41, 5.74) is 0.857. The molecule has 184 valence electrons. The molecular formula is C24H25F2N5O4. The fraction of sp³-hybridized carbons (Fsp3) is 0.375. The zero-order valence-electron chi connectivity index (χ0n) is 19.1. The molecule has 0 unspecified atom stereocenters. The summed E-state index contributed by atoms with van der Waals surface area (Å²) in [6, 6.07) is 6.81. The van der Waals surface area contributed by atoms with E-state index in [-0.39, 0.29) is 18.5 Å². The van der Waals surface area contributed by atoms with E-state index in [2.05, 4.69) is 15.3 Å². The fourth-order valence-corrected chi connectivity index (χ4v) is 3.72. The van der Waals surface area contributed by atoms with Crippen LogP contribution >= 0.6 is 0 Å². The molecule has 2 fully saturated rings. The normalized spacial score (nSPS) is 18.3. The second-order valence-corrected chi connectivity index (χ2v) is 8.89. The zero-order valence-corrected chi connectivity index (χ0v) is 19.1. The first-order valence-corrected chi connectivity index (χ1v) is 11.1. The van der Waals surface area contributed by atoms with E-state index >= 15 is 0 Å². The Kier molecular flexibility index (Phi) is 6.62. The quantitative estimate of drug-likeness (QED) is 0.534. The first-order valence-electron chi connectivity index (χ1n) is 11.1. The number of amides is 1. The summed E-state index contributed by atoms with van der Waals surface area (Å²) in [6.45, 7) is 1.07. The van der Waals surface area contributed by atoms with Gasteiger partial charge in [0.2, 0.25) is 0 Å². The van der Waals surface area contributed by atoms with Crippen molar-refractivity contribution < 1.29 is 28.3 Å². The standard InChI is InChI=1S/C18H14N4O4.C6H11F2N/c23-10-11-7-12-3-6-22(15(12)20-8-11)13-1-2-14(19-9-13)16(24)21-18(4-5-18)17(25)26;1-9-4-2-6(7,8)3-5-9/h1-3,6-10H,4-5H2,(H,21,24)(H,25,26);2-5H2,1H3. The van der Waals surface area contributed by atoms with Crippen LogP contribution < -0.4 is 5.32 Å². The van der Waals surface area contributed by atoms with Gasteiger partial charge < -0.3 is 15.3 Å². The van der Waals surface area contributed by atoms with Gasteiger partial charge >= 0.3 is 5.97 Å². The van der Waals surface area contributed by atoms with Crippen LogP contribution in [0.25, 0.3) is 16.7 Å². The minimum absolute atomic E-state index is 0.0312. The Bertz CT molecular complexity index is 1240. The predicted octanol–water partition coefficient (Wildman–Crippen LogP) is 2.93. The van der Waals surface area contributed by atoms with E-state index in [4.69, 9.17) is 5.11 Å². The molecule has 0 radical (unpaired) electrons. The molecular weight excluding hydrogens is 460 g/mol. The highest BCUT2D eigenvalue weighted by Crippen LogP contribution is 2.35. The molecule has 3 aromatic rings. The number of halogens is 2. The number of alkyl halides is 2. The van der Waals surface area contributed by atoms with Crippen molar-refractivity contribution in [3.05, 3.63) is 54.1 Å². The molecule has 3 aromatic heterocycles. The van der Waals surface area contributed by atoms with Gasteiger partial charge in [0, 0.05) is 49.3 Å². The van der Waals surface area contributed by atoms with E-state index in [1.807, 2.05) is 18.0 Å². The van der Waals surface area contributed by atoms with E-state index in [1.165, 1.54) is 18.5 Å². The van der Waals surface area contributed by atoms with Crippen molar-refractivity contribution in [2.45, 2.75) is 37.1 Å². The van der Waals surface area contributed by atoms with Crippen LogP contribution in [-0.4, -0.2) is 74.3 Å². The van der Waals surface area contributed by atoms with Gasteiger partial charge in [-0.05, 0) is 44.2 Å². The van der Waals surface area contributed by atoms with E-state index in [1.54, 1.807) is 22.9 Å². The van der Waals surface area contributed by atoms with E-state index < -0.39 is 23.3 Å². The van der Waals surface area contributed by atoms with Crippen LogP contribution in [0, 0.1) is 0 Å². The van der Waals surface area contributed by atoms with Crippen molar-refractivity contribution in [3.8, 4) is 5.69 Å². The monoisotopic (exact) mass is 485 g/mol. The van der Waals surface area contributed by atoms with Gasteiger partial charge in [-0.15, -0.1) is 0 Å². The maximum Gasteiger partial charge on any atom is 0.329 e. The summed E-state index contributed by atoms with van der Waals surface area (Å²) >= 11 is 0. The minimum atomic E-state index is -2.38. The maximum atomic E-state index is 12.4. The largest absolute Gasteiger partial charge is 0.480 e. The summed E-state index contributed by atoms with van der Waals surface area (Å²) in [6.07, 6.45) is 6.46. The first-order chi connectivity index (χ1) is 16.6. The lowest BCUT2D eigenvalue weighted by atomic mass is 10.1. The van der Waals surface area contributed by atoms with Gasteiger partial charge in [0.25, 0.3) is 11.8 Å². The Balaban J connectivity index is 0.000000271. The number of carboxylic acids is 1. The summed E-state index contributed by atoms with van der Waals surface area (Å²) in [7, 11) is 1.87. The molecule has 1 aliphatic heterocycles. The molecule has 1 saturated carbocycles. The van der Waals surface area contributed by atoms with Crippen LogP contribution in [0.2, 0.25) is 0 Å². The molecule has 0 bridgehead atoms. The number of carbonyl (C=O) groups excluding carboxylic acids is 2. The Labute approximate surface area is 199 Å². The zero-order chi connectivity index (χ0) is 25.2. The number of aromatic nitrogens is 3. The number of piperidine rings is 1. The molecule has 4 heterocycles. The van der Waals surface area contributed by atoms with Gasteiger partial charge in [-0.25, -0.2) is 23.5 Å². The van der Waals surface area contributed by atoms with Crippen LogP contribution in [0.4, 0.5) is 8.78 Å². The Morgan fingerprint density at radius 1 is 1.09 bits per heavy atom. The van der Waals surface area contributed by atoms with Crippen LogP contribution in [-0.2, 0) is 4.79 Å². The number of pyridine rings is 2. The van der Waals surface area contributed by atoms with Gasteiger partial charge in [0.1, 0.15) is 16.9 Å². The lowest BCUT2D eigenvalue weighted by Gasteiger charge is -2.28. The number of nitrogens with zero attached hydrogens (tertiary/aromatic N) is 4. The van der Waals surface area contributed by atoms with Gasteiger partial charge in [0.15, 0.2) is 6.29 Å². The third-order valence-corrected chi connectivity index (χ3v) is 6.17. The predicted molar refractivity (Wildman–Crippen MR) is 123 cm³/mol. The van der Waals surface area contributed by atoms with Crippen molar-refractivity contribution in [1.29, 1.82) is 0 Å². The average Bonchev–Trinajstić information content (AvgIpc) is 3.51. The molecule has 11 heteroatoms. The number of aldehydes is 1. The summed E-state index contributed by atoms with van der Waals surface area (Å²) < 4.78 is 26.5. The second-order valence-electron chi connectivity index (χ2n) is 8.89. The third-order valence-electron chi connectivity index (χ3n) is 6.17. The molecule has 1 amide bonds. The molecule has 0 atom stereocenters. The molecule has 5 rings (SSSR count). The second kappa shape index (κ2) is 9.49. The van der Waals surface area contributed by atoms with Crippen molar-refractivity contribution in [1.82, 2.24) is 24.8 Å². The molecule has 1 aliphatic carbocycles. The minimum Gasteiger partial charge on any atom is -0.480 e. The number of aliphatic carboxylic acids is 1. The molecule has 35 heavy (non-hydrogen) atoms. The van der Waals surface area contributed by atoms with Gasteiger partial charge in [-0.1, -0.05) is 0 Å². The molecule has 0 spiro atoms. The molecule has 1 saturated heterocycles. The van der Waals surface area contributed by atoms with E-state index in [0.717, 1.165) is 11.7 Å². The van der Waals surface area contributed by atoms with Crippen LogP contribution in [0.5, 0.6) is 0 Å².